The molecule has 2 heteroatoms. The van der Waals surface area contributed by atoms with E-state index in [0.29, 0.717) is 5.41 Å². The maximum absolute atomic E-state index is 5.43. The van der Waals surface area contributed by atoms with Crippen molar-refractivity contribution in [1.82, 2.24) is 5.32 Å². The molecule has 0 unspecified atom stereocenters. The molecule has 0 bridgehead atoms. The third kappa shape index (κ3) is 3.76. The van der Waals surface area contributed by atoms with Crippen LogP contribution in [0.4, 0.5) is 0 Å². The molecule has 1 N–H and O–H groups in total. The highest BCUT2D eigenvalue weighted by molar-refractivity contribution is 4.82. The number of nitrogens with one attached hydrogen (secondary N) is 1. The fourth-order valence-electron chi connectivity index (χ4n) is 2.80. The Labute approximate surface area is 94.8 Å². The predicted octanol–water partition coefficient (Wildman–Crippen LogP) is 2.83. The Bertz CT molecular complexity index is 160. The average Bonchev–Trinajstić information content (AvgIpc) is 2.30. The van der Waals surface area contributed by atoms with Gasteiger partial charge in [-0.15, -0.1) is 0 Å². The molecule has 1 saturated heterocycles. The van der Waals surface area contributed by atoms with E-state index in [0.717, 1.165) is 25.7 Å². The molecule has 0 aromatic heterocycles. The zero-order valence-corrected chi connectivity index (χ0v) is 10.6. The first-order valence-electron chi connectivity index (χ1n) is 6.48. The topological polar surface area (TPSA) is 21.3 Å². The third-order valence-corrected chi connectivity index (χ3v) is 4.11. The summed E-state index contributed by atoms with van der Waals surface area (Å²) in [5.74, 6) is 0.895. The quantitative estimate of drug-likeness (QED) is 0.732. The van der Waals surface area contributed by atoms with Crippen LogP contribution in [0.5, 0.6) is 0 Å². The van der Waals surface area contributed by atoms with Gasteiger partial charge < -0.3 is 10.1 Å². The normalized spacial score (nSPS) is 19.4. The van der Waals surface area contributed by atoms with Crippen molar-refractivity contribution in [3.63, 3.8) is 0 Å². The maximum atomic E-state index is 5.43. The summed E-state index contributed by atoms with van der Waals surface area (Å²) in [5.41, 5.74) is 0.525. The smallest absolute Gasteiger partial charge is 0.0468 e. The molecule has 1 heterocycles. The molecule has 0 spiro atoms. The Hall–Kier alpha value is -0.0800. The van der Waals surface area contributed by atoms with Crippen LogP contribution in [0, 0.1) is 11.3 Å². The van der Waals surface area contributed by atoms with Gasteiger partial charge in [-0.25, -0.2) is 0 Å². The van der Waals surface area contributed by atoms with E-state index in [1.807, 2.05) is 0 Å². The molecule has 15 heavy (non-hydrogen) atoms. The van der Waals surface area contributed by atoms with Gasteiger partial charge in [-0.3, -0.25) is 0 Å². The van der Waals surface area contributed by atoms with Crippen LogP contribution in [-0.4, -0.2) is 26.8 Å². The van der Waals surface area contributed by atoms with Gasteiger partial charge >= 0.3 is 0 Å². The zero-order chi connectivity index (χ0) is 11.1. The van der Waals surface area contributed by atoms with E-state index in [1.54, 1.807) is 0 Å². The summed E-state index contributed by atoms with van der Waals surface area (Å²) in [5, 5.41) is 3.37. The van der Waals surface area contributed by atoms with Crippen LogP contribution in [0.1, 0.15) is 46.0 Å². The Balaban J connectivity index is 2.47. The second kappa shape index (κ2) is 6.49. The Kier molecular flexibility index (Phi) is 5.62. The molecular formula is C13H27NO. The van der Waals surface area contributed by atoms with E-state index in [4.69, 9.17) is 4.74 Å². The van der Waals surface area contributed by atoms with Crippen LogP contribution in [0.2, 0.25) is 0 Å². The van der Waals surface area contributed by atoms with Crippen LogP contribution < -0.4 is 5.32 Å². The summed E-state index contributed by atoms with van der Waals surface area (Å²) in [6, 6.07) is 0. The summed E-state index contributed by atoms with van der Waals surface area (Å²) < 4.78 is 5.43. The average molecular weight is 213 g/mol. The van der Waals surface area contributed by atoms with Crippen molar-refractivity contribution >= 4 is 0 Å². The molecule has 0 radical (unpaired) electrons. The summed E-state index contributed by atoms with van der Waals surface area (Å²) in [4.78, 5) is 0. The molecule has 2 nitrogen and oxygen atoms in total. The van der Waals surface area contributed by atoms with Crippen molar-refractivity contribution < 1.29 is 4.74 Å². The first kappa shape index (κ1) is 13.0. The van der Waals surface area contributed by atoms with Crippen LogP contribution in [0.15, 0.2) is 0 Å². The fourth-order valence-corrected chi connectivity index (χ4v) is 2.80. The molecule has 1 aliphatic rings. The Morgan fingerprint density at radius 1 is 1.20 bits per heavy atom. The monoisotopic (exact) mass is 213 g/mol. The number of hydrogen-bond donors (Lipinski definition) is 1. The van der Waals surface area contributed by atoms with Crippen molar-refractivity contribution in [3.8, 4) is 0 Å². The summed E-state index contributed by atoms with van der Waals surface area (Å²) >= 11 is 0. The Morgan fingerprint density at radius 2 is 1.80 bits per heavy atom. The highest BCUT2D eigenvalue weighted by atomic mass is 16.5. The summed E-state index contributed by atoms with van der Waals surface area (Å²) in [6.07, 6.45) is 6.50. The lowest BCUT2D eigenvalue weighted by Gasteiger charge is -2.36. The minimum Gasteiger partial charge on any atom is -0.381 e. The lowest BCUT2D eigenvalue weighted by Crippen LogP contribution is -2.34. The molecule has 0 saturated carbocycles. The molecule has 1 fully saturated rings. The molecule has 0 aromatic rings. The van der Waals surface area contributed by atoms with Gasteiger partial charge in [-0.05, 0) is 50.5 Å². The minimum absolute atomic E-state index is 0.525. The molecule has 1 rings (SSSR count). The van der Waals surface area contributed by atoms with Crippen LogP contribution >= 0.6 is 0 Å². The number of rotatable bonds is 6. The van der Waals surface area contributed by atoms with Crippen LogP contribution in [0.25, 0.3) is 0 Å². The highest BCUT2D eigenvalue weighted by Gasteiger charge is 2.29. The van der Waals surface area contributed by atoms with Gasteiger partial charge in [0.2, 0.25) is 0 Å². The molecule has 1 aliphatic heterocycles. The highest BCUT2D eigenvalue weighted by Crippen LogP contribution is 2.36. The lowest BCUT2D eigenvalue weighted by atomic mass is 9.73. The molecule has 0 aliphatic carbocycles. The SMILES string of the molecule is CCC(CC)(CNC)CC1CCOCC1. The van der Waals surface area contributed by atoms with Gasteiger partial charge in [0.15, 0.2) is 0 Å². The van der Waals surface area contributed by atoms with Crippen molar-refractivity contribution in [2.24, 2.45) is 11.3 Å². The first-order valence-corrected chi connectivity index (χ1v) is 6.48. The largest absolute Gasteiger partial charge is 0.381 e. The predicted molar refractivity (Wildman–Crippen MR) is 65.1 cm³/mol. The Morgan fingerprint density at radius 3 is 2.27 bits per heavy atom. The van der Waals surface area contributed by atoms with Crippen molar-refractivity contribution in [2.75, 3.05) is 26.8 Å². The molecular weight excluding hydrogens is 186 g/mol. The summed E-state index contributed by atoms with van der Waals surface area (Å²) in [7, 11) is 2.07. The van der Waals surface area contributed by atoms with E-state index in [1.165, 1.54) is 32.1 Å². The van der Waals surface area contributed by atoms with E-state index in [-0.39, 0.29) is 0 Å². The second-order valence-electron chi connectivity index (χ2n) is 5.00. The van der Waals surface area contributed by atoms with E-state index < -0.39 is 0 Å². The van der Waals surface area contributed by atoms with Crippen molar-refractivity contribution in [1.29, 1.82) is 0 Å². The van der Waals surface area contributed by atoms with Gasteiger partial charge in [0, 0.05) is 19.8 Å². The lowest BCUT2D eigenvalue weighted by molar-refractivity contribution is 0.0446. The van der Waals surface area contributed by atoms with E-state index in [9.17, 15) is 0 Å². The van der Waals surface area contributed by atoms with Gasteiger partial charge in [0.1, 0.15) is 0 Å². The van der Waals surface area contributed by atoms with E-state index >= 15 is 0 Å². The van der Waals surface area contributed by atoms with Gasteiger partial charge in [-0.1, -0.05) is 13.8 Å². The molecule has 0 aromatic carbocycles. The van der Waals surface area contributed by atoms with E-state index in [2.05, 4.69) is 26.2 Å². The number of hydrogen-bond acceptors (Lipinski definition) is 2. The molecule has 0 amide bonds. The number of ether oxygens (including phenoxy) is 1. The minimum atomic E-state index is 0.525. The molecule has 90 valence electrons. The van der Waals surface area contributed by atoms with Crippen LogP contribution in [-0.2, 0) is 4.74 Å². The first-order chi connectivity index (χ1) is 7.26. The summed E-state index contributed by atoms with van der Waals surface area (Å²) in [6.45, 7) is 7.79. The zero-order valence-electron chi connectivity index (χ0n) is 10.6. The third-order valence-electron chi connectivity index (χ3n) is 4.11. The maximum Gasteiger partial charge on any atom is 0.0468 e. The second-order valence-corrected chi connectivity index (χ2v) is 5.00. The van der Waals surface area contributed by atoms with Crippen LogP contribution in [0.3, 0.4) is 0 Å². The molecule has 0 atom stereocenters. The fraction of sp³-hybridized carbons (Fsp3) is 1.00. The van der Waals surface area contributed by atoms with Crippen molar-refractivity contribution in [2.45, 2.75) is 46.0 Å². The standard InChI is InChI=1S/C13H27NO/c1-4-13(5-2,11-14-3)10-12-6-8-15-9-7-12/h12,14H,4-11H2,1-3H3. The van der Waals surface area contributed by atoms with Crippen molar-refractivity contribution in [3.05, 3.63) is 0 Å². The van der Waals surface area contributed by atoms with Gasteiger partial charge in [0.25, 0.3) is 0 Å². The van der Waals surface area contributed by atoms with Gasteiger partial charge in [-0.2, -0.15) is 0 Å². The van der Waals surface area contributed by atoms with Gasteiger partial charge in [0.05, 0.1) is 0 Å².